The van der Waals surface area contributed by atoms with Gasteiger partial charge in [0.25, 0.3) is 11.6 Å². The van der Waals surface area contributed by atoms with Gasteiger partial charge in [0.1, 0.15) is 10.7 Å². The van der Waals surface area contributed by atoms with Crippen molar-refractivity contribution in [3.05, 3.63) is 92.2 Å². The van der Waals surface area contributed by atoms with Gasteiger partial charge in [0.05, 0.1) is 34.5 Å². The van der Waals surface area contributed by atoms with Gasteiger partial charge in [-0.15, -0.1) is 0 Å². The standard InChI is InChI=1S/C22H15N5O7S/c1-33-16-6-8-18-19(12-16)35-22(24-18)25(23-13-17-7-10-21(34-17)27(31)32)20(28)9-5-14-3-2-4-15(11-14)26(29)30/h2-13H,1H3/b9-5+,23-13+. The van der Waals surface area contributed by atoms with Crippen molar-refractivity contribution in [3.8, 4) is 5.75 Å². The zero-order valence-corrected chi connectivity index (χ0v) is 18.7. The number of aromatic nitrogens is 1. The lowest BCUT2D eigenvalue weighted by Crippen LogP contribution is -2.23. The molecule has 13 heteroatoms. The number of thiazole rings is 1. The molecular weight excluding hydrogens is 478 g/mol. The number of rotatable bonds is 8. The van der Waals surface area contributed by atoms with Crippen LogP contribution in [0.2, 0.25) is 0 Å². The van der Waals surface area contributed by atoms with Crippen LogP contribution in [0.15, 0.2) is 70.2 Å². The highest BCUT2D eigenvalue weighted by Gasteiger charge is 2.19. The number of anilines is 1. The predicted octanol–water partition coefficient (Wildman–Crippen LogP) is 4.79. The largest absolute Gasteiger partial charge is 0.497 e. The van der Waals surface area contributed by atoms with Gasteiger partial charge in [0.2, 0.25) is 5.13 Å². The molecule has 0 aliphatic heterocycles. The van der Waals surface area contributed by atoms with Gasteiger partial charge >= 0.3 is 5.88 Å². The Bertz CT molecular complexity index is 1490. The van der Waals surface area contributed by atoms with Gasteiger partial charge in [-0.1, -0.05) is 23.5 Å². The molecule has 0 aliphatic rings. The summed E-state index contributed by atoms with van der Waals surface area (Å²) in [5.41, 5.74) is 0.927. The fourth-order valence-corrected chi connectivity index (χ4v) is 3.87. The number of methoxy groups -OCH3 is 1. The summed E-state index contributed by atoms with van der Waals surface area (Å²) in [5, 5.41) is 27.2. The summed E-state index contributed by atoms with van der Waals surface area (Å²) < 4.78 is 11.0. The summed E-state index contributed by atoms with van der Waals surface area (Å²) in [6, 6.07) is 13.5. The number of nitro benzene ring substituents is 1. The molecule has 0 unspecified atom stereocenters. The number of hydrazone groups is 1. The van der Waals surface area contributed by atoms with Gasteiger partial charge in [-0.2, -0.15) is 10.1 Å². The normalized spacial score (nSPS) is 11.3. The predicted molar refractivity (Wildman–Crippen MR) is 129 cm³/mol. The molecule has 0 saturated carbocycles. The van der Waals surface area contributed by atoms with Crippen LogP contribution in [0.4, 0.5) is 16.7 Å². The van der Waals surface area contributed by atoms with Crippen LogP contribution < -0.4 is 9.75 Å². The second-order valence-electron chi connectivity index (χ2n) is 6.84. The summed E-state index contributed by atoms with van der Waals surface area (Å²) in [6.07, 6.45) is 3.75. The van der Waals surface area contributed by atoms with E-state index in [1.54, 1.807) is 24.3 Å². The fourth-order valence-electron chi connectivity index (χ4n) is 2.92. The Labute approximate surface area is 200 Å². The van der Waals surface area contributed by atoms with E-state index < -0.39 is 21.6 Å². The lowest BCUT2D eigenvalue weighted by atomic mass is 10.2. The summed E-state index contributed by atoms with van der Waals surface area (Å²) in [5.74, 6) is -0.413. The van der Waals surface area contributed by atoms with Gasteiger partial charge < -0.3 is 9.15 Å². The van der Waals surface area contributed by atoms with Crippen molar-refractivity contribution in [3.63, 3.8) is 0 Å². The molecule has 0 N–H and O–H groups in total. The Morgan fingerprint density at radius 3 is 2.69 bits per heavy atom. The average Bonchev–Trinajstić information content (AvgIpc) is 3.50. The second kappa shape index (κ2) is 9.93. The van der Waals surface area contributed by atoms with Crippen LogP contribution in [0, 0.1) is 20.2 Å². The van der Waals surface area contributed by atoms with E-state index in [0.29, 0.717) is 16.8 Å². The molecule has 0 radical (unpaired) electrons. The summed E-state index contributed by atoms with van der Waals surface area (Å²) in [4.78, 5) is 38.1. The Hall–Kier alpha value is -4.91. The molecular formula is C22H15N5O7S. The Morgan fingerprint density at radius 2 is 1.97 bits per heavy atom. The monoisotopic (exact) mass is 493 g/mol. The average molecular weight is 493 g/mol. The molecule has 0 fully saturated rings. The number of hydrogen-bond donors (Lipinski definition) is 0. The highest BCUT2D eigenvalue weighted by molar-refractivity contribution is 7.22. The first kappa shape index (κ1) is 23.3. The van der Waals surface area contributed by atoms with Crippen molar-refractivity contribution in [1.29, 1.82) is 0 Å². The van der Waals surface area contributed by atoms with Gasteiger partial charge in [-0.05, 0) is 35.9 Å². The van der Waals surface area contributed by atoms with Gasteiger partial charge in [0.15, 0.2) is 5.76 Å². The second-order valence-corrected chi connectivity index (χ2v) is 7.85. The zero-order valence-electron chi connectivity index (χ0n) is 17.9. The van der Waals surface area contributed by atoms with Gasteiger partial charge in [-0.25, -0.2) is 4.98 Å². The summed E-state index contributed by atoms with van der Waals surface area (Å²) >= 11 is 1.17. The van der Waals surface area contributed by atoms with Crippen LogP contribution in [0.3, 0.4) is 0 Å². The van der Waals surface area contributed by atoms with Gasteiger partial charge in [-0.3, -0.25) is 25.0 Å². The van der Waals surface area contributed by atoms with Crippen molar-refractivity contribution >= 4 is 56.5 Å². The van der Waals surface area contributed by atoms with Crippen molar-refractivity contribution < 1.29 is 23.8 Å². The Morgan fingerprint density at radius 1 is 1.14 bits per heavy atom. The number of hydrogen-bond acceptors (Lipinski definition) is 10. The maximum atomic E-state index is 13.1. The number of amides is 1. The molecule has 2 heterocycles. The quantitative estimate of drug-likeness (QED) is 0.147. The Kier molecular flexibility index (Phi) is 6.59. The van der Waals surface area contributed by atoms with E-state index in [1.807, 2.05) is 0 Å². The van der Waals surface area contributed by atoms with E-state index in [2.05, 4.69) is 10.1 Å². The molecule has 4 aromatic rings. The number of benzene rings is 2. The number of ether oxygens (including phenoxy) is 1. The molecule has 2 aromatic carbocycles. The third-order valence-electron chi connectivity index (χ3n) is 4.57. The number of carbonyl (C=O) groups is 1. The minimum Gasteiger partial charge on any atom is -0.497 e. The van der Waals surface area contributed by atoms with Crippen LogP contribution in [0.1, 0.15) is 11.3 Å². The number of furan rings is 1. The highest BCUT2D eigenvalue weighted by atomic mass is 32.1. The van der Waals surface area contributed by atoms with Crippen LogP contribution in [-0.2, 0) is 4.79 Å². The zero-order chi connectivity index (χ0) is 24.9. The smallest absolute Gasteiger partial charge is 0.433 e. The Balaban J connectivity index is 1.68. The third kappa shape index (κ3) is 5.36. The number of fused-ring (bicyclic) bond motifs is 1. The fraction of sp³-hybridized carbons (Fsp3) is 0.0455. The third-order valence-corrected chi connectivity index (χ3v) is 5.56. The minimum absolute atomic E-state index is 0.0555. The number of non-ortho nitro benzene ring substituents is 1. The molecule has 0 spiro atoms. The number of nitrogens with zero attached hydrogens (tertiary/aromatic N) is 5. The van der Waals surface area contributed by atoms with Crippen LogP contribution in [0.5, 0.6) is 5.75 Å². The molecule has 0 bridgehead atoms. The maximum Gasteiger partial charge on any atom is 0.433 e. The topological polar surface area (TPSA) is 154 Å². The summed E-state index contributed by atoms with van der Waals surface area (Å²) in [7, 11) is 1.53. The molecule has 12 nitrogen and oxygen atoms in total. The molecule has 0 aliphatic carbocycles. The molecule has 35 heavy (non-hydrogen) atoms. The van der Waals surface area contributed by atoms with Crippen LogP contribution >= 0.6 is 11.3 Å². The molecule has 0 atom stereocenters. The highest BCUT2D eigenvalue weighted by Crippen LogP contribution is 2.32. The van der Waals surface area contributed by atoms with E-state index >= 15 is 0 Å². The first-order valence-corrected chi connectivity index (χ1v) is 10.6. The number of nitro groups is 2. The SMILES string of the molecule is COc1ccc2nc(N(/N=C/c3ccc([N+](=O)[O-])o3)C(=O)/C=C/c3cccc([N+](=O)[O-])c3)sc2c1. The van der Waals surface area contributed by atoms with Crippen molar-refractivity contribution in [1.82, 2.24) is 4.98 Å². The minimum atomic E-state index is -0.691. The van der Waals surface area contributed by atoms with E-state index in [4.69, 9.17) is 9.15 Å². The molecule has 176 valence electrons. The van der Waals surface area contributed by atoms with E-state index in [1.165, 1.54) is 60.9 Å². The van der Waals surface area contributed by atoms with Crippen LogP contribution in [0.25, 0.3) is 16.3 Å². The van der Waals surface area contributed by atoms with E-state index in [9.17, 15) is 25.0 Å². The first-order chi connectivity index (χ1) is 16.8. The van der Waals surface area contributed by atoms with E-state index in [0.717, 1.165) is 15.9 Å². The molecule has 0 saturated heterocycles. The van der Waals surface area contributed by atoms with Gasteiger partial charge in [0, 0.05) is 18.2 Å². The van der Waals surface area contributed by atoms with Crippen molar-refractivity contribution in [2.75, 3.05) is 12.1 Å². The summed E-state index contributed by atoms with van der Waals surface area (Å²) in [6.45, 7) is 0. The van der Waals surface area contributed by atoms with E-state index in [-0.39, 0.29) is 16.6 Å². The van der Waals surface area contributed by atoms with Crippen molar-refractivity contribution in [2.45, 2.75) is 0 Å². The molecule has 2 aromatic heterocycles. The van der Waals surface area contributed by atoms with Crippen molar-refractivity contribution in [2.24, 2.45) is 5.10 Å². The lowest BCUT2D eigenvalue weighted by molar-refractivity contribution is -0.402. The molecule has 4 rings (SSSR count). The lowest BCUT2D eigenvalue weighted by Gasteiger charge is -2.10. The molecule has 1 amide bonds. The first-order valence-electron chi connectivity index (χ1n) is 9.83. The van der Waals surface area contributed by atoms with Crippen LogP contribution in [-0.4, -0.2) is 34.1 Å². The number of carbonyl (C=O) groups excluding carboxylic acids is 1. The maximum absolute atomic E-state index is 13.1.